The average Bonchev–Trinajstić information content (AvgIpc) is 3.09. The first kappa shape index (κ1) is 20.2. The SMILES string of the molecule is Cc1cc(C)cc(OCn2ccc(C(=O)Nc3ccc(OC(F)(F)F)cc3)n2)c1. The number of halogens is 3. The molecule has 0 atom stereocenters. The number of hydrogen-bond donors (Lipinski definition) is 1. The molecule has 3 aromatic rings. The Bertz CT molecular complexity index is 978. The lowest BCUT2D eigenvalue weighted by molar-refractivity contribution is -0.274. The molecule has 1 aromatic heterocycles. The molecule has 0 spiro atoms. The first-order valence-electron chi connectivity index (χ1n) is 8.60. The molecule has 29 heavy (non-hydrogen) atoms. The molecule has 0 unspecified atom stereocenters. The lowest BCUT2D eigenvalue weighted by Gasteiger charge is -2.09. The van der Waals surface area contributed by atoms with Crippen molar-refractivity contribution in [1.82, 2.24) is 9.78 Å². The number of anilines is 1. The zero-order chi connectivity index (χ0) is 21.0. The van der Waals surface area contributed by atoms with Crippen LogP contribution in [0.25, 0.3) is 0 Å². The Labute approximate surface area is 164 Å². The lowest BCUT2D eigenvalue weighted by atomic mass is 10.1. The molecule has 0 saturated carbocycles. The van der Waals surface area contributed by atoms with Gasteiger partial charge < -0.3 is 14.8 Å². The van der Waals surface area contributed by atoms with Gasteiger partial charge in [0, 0.05) is 11.9 Å². The van der Waals surface area contributed by atoms with Gasteiger partial charge in [-0.25, -0.2) is 4.68 Å². The molecule has 2 aromatic carbocycles. The van der Waals surface area contributed by atoms with Gasteiger partial charge in [-0.15, -0.1) is 13.2 Å². The predicted molar refractivity (Wildman–Crippen MR) is 99.8 cm³/mol. The highest BCUT2D eigenvalue weighted by atomic mass is 19.4. The highest BCUT2D eigenvalue weighted by molar-refractivity contribution is 6.02. The van der Waals surface area contributed by atoms with Crippen LogP contribution in [0.3, 0.4) is 0 Å². The predicted octanol–water partition coefficient (Wildman–Crippen LogP) is 4.69. The van der Waals surface area contributed by atoms with Crippen LogP contribution in [0.5, 0.6) is 11.5 Å². The Balaban J connectivity index is 1.57. The molecule has 152 valence electrons. The number of rotatable bonds is 6. The summed E-state index contributed by atoms with van der Waals surface area (Å²) in [6, 6.07) is 12.2. The van der Waals surface area contributed by atoms with E-state index in [2.05, 4.69) is 15.2 Å². The van der Waals surface area contributed by atoms with E-state index in [9.17, 15) is 18.0 Å². The van der Waals surface area contributed by atoms with Gasteiger partial charge in [-0.05, 0) is 67.4 Å². The summed E-state index contributed by atoms with van der Waals surface area (Å²) in [5, 5.41) is 6.70. The van der Waals surface area contributed by atoms with Crippen molar-refractivity contribution in [2.45, 2.75) is 26.9 Å². The van der Waals surface area contributed by atoms with Crippen molar-refractivity contribution in [1.29, 1.82) is 0 Å². The van der Waals surface area contributed by atoms with E-state index in [1.165, 1.54) is 22.9 Å². The van der Waals surface area contributed by atoms with Crippen LogP contribution in [0, 0.1) is 13.8 Å². The van der Waals surface area contributed by atoms with Gasteiger partial charge in [0.1, 0.15) is 11.5 Å². The summed E-state index contributed by atoms with van der Waals surface area (Å²) < 4.78 is 47.5. The minimum atomic E-state index is -4.77. The van der Waals surface area contributed by atoms with Gasteiger partial charge in [0.2, 0.25) is 0 Å². The van der Waals surface area contributed by atoms with Gasteiger partial charge in [-0.1, -0.05) is 6.07 Å². The van der Waals surface area contributed by atoms with Crippen LogP contribution < -0.4 is 14.8 Å². The van der Waals surface area contributed by atoms with Crippen LogP contribution in [0.15, 0.2) is 54.7 Å². The smallest absolute Gasteiger partial charge is 0.471 e. The summed E-state index contributed by atoms with van der Waals surface area (Å²) in [5.41, 5.74) is 2.61. The highest BCUT2D eigenvalue weighted by Gasteiger charge is 2.30. The van der Waals surface area contributed by atoms with Crippen LogP contribution in [-0.2, 0) is 6.73 Å². The lowest BCUT2D eigenvalue weighted by Crippen LogP contribution is -2.17. The van der Waals surface area contributed by atoms with Crippen molar-refractivity contribution in [3.8, 4) is 11.5 Å². The number of carbonyl (C=O) groups is 1. The maximum absolute atomic E-state index is 12.3. The molecule has 0 saturated heterocycles. The second kappa shape index (κ2) is 8.26. The van der Waals surface area contributed by atoms with Crippen LogP contribution in [0.2, 0.25) is 0 Å². The molecule has 1 amide bonds. The number of ether oxygens (including phenoxy) is 2. The number of aromatic nitrogens is 2. The number of aryl methyl sites for hydroxylation is 2. The monoisotopic (exact) mass is 405 g/mol. The standard InChI is InChI=1S/C20H18F3N3O3/c1-13-9-14(2)11-17(10-13)28-12-26-8-7-18(25-26)19(27)24-15-3-5-16(6-4-15)29-20(21,22)23/h3-11H,12H2,1-2H3,(H,24,27). The van der Waals surface area contributed by atoms with Crippen molar-refractivity contribution in [3.05, 3.63) is 71.5 Å². The topological polar surface area (TPSA) is 65.4 Å². The zero-order valence-electron chi connectivity index (χ0n) is 15.7. The van der Waals surface area contributed by atoms with Crippen LogP contribution in [0.4, 0.5) is 18.9 Å². The molecule has 1 heterocycles. The maximum atomic E-state index is 12.3. The second-order valence-corrected chi connectivity index (χ2v) is 6.36. The number of nitrogens with zero attached hydrogens (tertiary/aromatic N) is 2. The van der Waals surface area contributed by atoms with Crippen LogP contribution in [-0.4, -0.2) is 22.1 Å². The van der Waals surface area contributed by atoms with Crippen LogP contribution in [0.1, 0.15) is 21.6 Å². The minimum absolute atomic E-state index is 0.125. The van der Waals surface area contributed by atoms with Gasteiger partial charge >= 0.3 is 6.36 Å². The fraction of sp³-hybridized carbons (Fsp3) is 0.200. The largest absolute Gasteiger partial charge is 0.573 e. The van der Waals surface area contributed by atoms with E-state index >= 15 is 0 Å². The van der Waals surface area contributed by atoms with E-state index in [4.69, 9.17) is 4.74 Å². The molecule has 3 rings (SSSR count). The number of carbonyl (C=O) groups excluding carboxylic acids is 1. The number of benzene rings is 2. The third kappa shape index (κ3) is 6.00. The molecule has 1 N–H and O–H groups in total. The molecule has 0 aliphatic rings. The van der Waals surface area contributed by atoms with Crippen molar-refractivity contribution in [2.75, 3.05) is 5.32 Å². The van der Waals surface area contributed by atoms with E-state index in [-0.39, 0.29) is 18.2 Å². The van der Waals surface area contributed by atoms with Gasteiger partial charge in [-0.2, -0.15) is 5.10 Å². The zero-order valence-corrected chi connectivity index (χ0v) is 15.7. The summed E-state index contributed by atoms with van der Waals surface area (Å²) in [7, 11) is 0. The molecule has 0 bridgehead atoms. The Morgan fingerprint density at radius 3 is 2.31 bits per heavy atom. The van der Waals surface area contributed by atoms with Crippen LogP contribution >= 0.6 is 0 Å². The summed E-state index contributed by atoms with van der Waals surface area (Å²) in [4.78, 5) is 12.3. The van der Waals surface area contributed by atoms with Gasteiger partial charge in [0.05, 0.1) is 0 Å². The average molecular weight is 405 g/mol. The minimum Gasteiger partial charge on any atom is -0.471 e. The summed E-state index contributed by atoms with van der Waals surface area (Å²) in [6.07, 6.45) is -3.17. The number of amides is 1. The molecule has 6 nitrogen and oxygen atoms in total. The quantitative estimate of drug-likeness (QED) is 0.646. The van der Waals surface area contributed by atoms with E-state index in [0.29, 0.717) is 11.4 Å². The molecule has 0 aliphatic heterocycles. The van der Waals surface area contributed by atoms with E-state index in [0.717, 1.165) is 23.3 Å². The maximum Gasteiger partial charge on any atom is 0.573 e. The Morgan fingerprint density at radius 2 is 1.69 bits per heavy atom. The fourth-order valence-electron chi connectivity index (χ4n) is 2.65. The van der Waals surface area contributed by atoms with Gasteiger partial charge in [-0.3, -0.25) is 4.79 Å². The van der Waals surface area contributed by atoms with Gasteiger partial charge in [0.25, 0.3) is 5.91 Å². The highest BCUT2D eigenvalue weighted by Crippen LogP contribution is 2.24. The van der Waals surface area contributed by atoms with Crippen molar-refractivity contribution >= 4 is 11.6 Å². The molecule has 0 fully saturated rings. The molecule has 9 heteroatoms. The molecular weight excluding hydrogens is 387 g/mol. The van der Waals surface area contributed by atoms with E-state index in [1.54, 1.807) is 6.20 Å². The van der Waals surface area contributed by atoms with Crippen molar-refractivity contribution < 1.29 is 27.4 Å². The van der Waals surface area contributed by atoms with E-state index < -0.39 is 12.3 Å². The number of nitrogens with one attached hydrogen (secondary N) is 1. The normalized spacial score (nSPS) is 11.2. The van der Waals surface area contributed by atoms with Crippen molar-refractivity contribution in [3.63, 3.8) is 0 Å². The third-order valence-corrected chi connectivity index (χ3v) is 3.78. The second-order valence-electron chi connectivity index (χ2n) is 6.36. The first-order chi connectivity index (χ1) is 13.7. The number of hydrogen-bond acceptors (Lipinski definition) is 4. The van der Waals surface area contributed by atoms with E-state index in [1.807, 2.05) is 32.0 Å². The summed E-state index contributed by atoms with van der Waals surface area (Å²) >= 11 is 0. The molecule has 0 radical (unpaired) electrons. The van der Waals surface area contributed by atoms with Crippen molar-refractivity contribution in [2.24, 2.45) is 0 Å². The first-order valence-corrected chi connectivity index (χ1v) is 8.60. The molecule has 0 aliphatic carbocycles. The summed E-state index contributed by atoms with van der Waals surface area (Å²) in [6.45, 7) is 4.07. The Hall–Kier alpha value is -3.49. The Kier molecular flexibility index (Phi) is 5.76. The fourth-order valence-corrected chi connectivity index (χ4v) is 2.65. The summed E-state index contributed by atoms with van der Waals surface area (Å²) in [5.74, 6) is -0.173. The Morgan fingerprint density at radius 1 is 1.03 bits per heavy atom. The molecular formula is C20H18F3N3O3. The third-order valence-electron chi connectivity index (χ3n) is 3.78. The van der Waals surface area contributed by atoms with Gasteiger partial charge in [0.15, 0.2) is 12.4 Å². The number of alkyl halides is 3.